The minimum Gasteiger partial charge on any atom is -0.397 e. The van der Waals surface area contributed by atoms with E-state index in [1.54, 1.807) is 0 Å². The van der Waals surface area contributed by atoms with E-state index >= 15 is 0 Å². The molecule has 17 heavy (non-hydrogen) atoms. The Morgan fingerprint density at radius 1 is 1.24 bits per heavy atom. The molecule has 0 aromatic heterocycles. The second-order valence-electron chi connectivity index (χ2n) is 5.86. The molecule has 0 radical (unpaired) electrons. The van der Waals surface area contributed by atoms with Crippen LogP contribution in [0, 0.1) is 5.41 Å². The van der Waals surface area contributed by atoms with Crippen LogP contribution in [0.1, 0.15) is 39.2 Å². The van der Waals surface area contributed by atoms with Gasteiger partial charge in [-0.2, -0.15) is 0 Å². The van der Waals surface area contributed by atoms with Crippen LogP contribution in [0.15, 0.2) is 18.2 Å². The summed E-state index contributed by atoms with van der Waals surface area (Å²) in [7, 11) is 0. The minimum absolute atomic E-state index is 0.492. The van der Waals surface area contributed by atoms with Crippen molar-refractivity contribution in [1.82, 2.24) is 0 Å². The molecule has 2 rings (SSSR count). The van der Waals surface area contributed by atoms with Crippen molar-refractivity contribution in [3.05, 3.63) is 23.8 Å². The summed E-state index contributed by atoms with van der Waals surface area (Å²) in [6.45, 7) is 9.19. The molecule has 1 aliphatic rings. The fourth-order valence-corrected chi connectivity index (χ4v) is 2.62. The molecular formula is C15H24N2. The van der Waals surface area contributed by atoms with Gasteiger partial charge in [-0.3, -0.25) is 0 Å². The molecule has 0 atom stereocenters. The van der Waals surface area contributed by atoms with Crippen molar-refractivity contribution in [2.45, 2.75) is 40.0 Å². The third kappa shape index (κ3) is 2.56. The molecule has 0 spiro atoms. The van der Waals surface area contributed by atoms with E-state index in [2.05, 4.69) is 37.8 Å². The monoisotopic (exact) mass is 232 g/mol. The van der Waals surface area contributed by atoms with Crippen LogP contribution in [0.3, 0.4) is 0 Å². The van der Waals surface area contributed by atoms with Gasteiger partial charge >= 0.3 is 0 Å². The summed E-state index contributed by atoms with van der Waals surface area (Å²) in [5.74, 6) is 0. The number of para-hydroxylation sites is 1. The Kier molecular flexibility index (Phi) is 3.32. The lowest BCUT2D eigenvalue weighted by Gasteiger charge is -2.39. The second-order valence-corrected chi connectivity index (χ2v) is 5.86. The molecule has 0 unspecified atom stereocenters. The van der Waals surface area contributed by atoms with E-state index in [-0.39, 0.29) is 0 Å². The first-order valence-electron chi connectivity index (χ1n) is 6.66. The first-order chi connectivity index (χ1) is 8.03. The van der Waals surface area contributed by atoms with E-state index in [1.165, 1.54) is 24.1 Å². The highest BCUT2D eigenvalue weighted by Crippen LogP contribution is 2.36. The average Bonchev–Trinajstić information content (AvgIpc) is 2.29. The molecule has 94 valence electrons. The summed E-state index contributed by atoms with van der Waals surface area (Å²) < 4.78 is 0. The number of nitrogen functional groups attached to an aromatic ring is 1. The lowest BCUT2D eigenvalue weighted by atomic mass is 9.82. The van der Waals surface area contributed by atoms with E-state index in [0.717, 1.165) is 25.2 Å². The van der Waals surface area contributed by atoms with Gasteiger partial charge in [-0.25, -0.2) is 0 Å². The van der Waals surface area contributed by atoms with E-state index in [0.29, 0.717) is 5.41 Å². The summed E-state index contributed by atoms with van der Waals surface area (Å²) in [6.07, 6.45) is 3.56. The van der Waals surface area contributed by atoms with E-state index < -0.39 is 0 Å². The molecule has 0 bridgehead atoms. The van der Waals surface area contributed by atoms with Crippen molar-refractivity contribution in [2.75, 3.05) is 23.7 Å². The molecule has 1 saturated heterocycles. The van der Waals surface area contributed by atoms with E-state index in [1.807, 2.05) is 6.07 Å². The van der Waals surface area contributed by atoms with Crippen LogP contribution in [-0.4, -0.2) is 13.1 Å². The standard InChI is InChI=1S/C15H24N2/c1-4-12-6-5-7-13(16)14(12)17-10-8-15(2,3)9-11-17/h5-7H,4,8-11,16H2,1-3H3. The van der Waals surface area contributed by atoms with Gasteiger partial charge in [0.15, 0.2) is 0 Å². The zero-order valence-corrected chi connectivity index (χ0v) is 11.3. The Morgan fingerprint density at radius 2 is 1.88 bits per heavy atom. The smallest absolute Gasteiger partial charge is 0.0632 e. The first kappa shape index (κ1) is 12.3. The highest BCUT2D eigenvalue weighted by molar-refractivity contribution is 5.71. The number of anilines is 2. The summed E-state index contributed by atoms with van der Waals surface area (Å²) in [5, 5.41) is 0. The number of aryl methyl sites for hydroxylation is 1. The van der Waals surface area contributed by atoms with Crippen LogP contribution in [0.25, 0.3) is 0 Å². The molecule has 0 amide bonds. The highest BCUT2D eigenvalue weighted by atomic mass is 15.1. The van der Waals surface area contributed by atoms with Gasteiger partial charge in [0.25, 0.3) is 0 Å². The maximum absolute atomic E-state index is 6.15. The number of nitrogens with two attached hydrogens (primary N) is 1. The molecule has 2 nitrogen and oxygen atoms in total. The summed E-state index contributed by atoms with van der Waals surface area (Å²) in [4.78, 5) is 2.47. The van der Waals surface area contributed by atoms with Gasteiger partial charge in [-0.1, -0.05) is 32.9 Å². The van der Waals surface area contributed by atoms with Crippen LogP contribution >= 0.6 is 0 Å². The molecule has 0 saturated carbocycles. The van der Waals surface area contributed by atoms with Crippen molar-refractivity contribution in [2.24, 2.45) is 5.41 Å². The van der Waals surface area contributed by atoms with Gasteiger partial charge in [0.05, 0.1) is 11.4 Å². The lowest BCUT2D eigenvalue weighted by Crippen LogP contribution is -2.38. The maximum Gasteiger partial charge on any atom is 0.0632 e. The molecule has 1 heterocycles. The summed E-state index contributed by atoms with van der Waals surface area (Å²) in [5.41, 5.74) is 10.2. The largest absolute Gasteiger partial charge is 0.397 e. The maximum atomic E-state index is 6.15. The topological polar surface area (TPSA) is 29.3 Å². The number of nitrogens with zero attached hydrogens (tertiary/aromatic N) is 1. The van der Waals surface area contributed by atoms with Crippen molar-refractivity contribution in [3.8, 4) is 0 Å². The summed E-state index contributed by atoms with van der Waals surface area (Å²) >= 11 is 0. The average molecular weight is 232 g/mol. The molecule has 1 aliphatic heterocycles. The van der Waals surface area contributed by atoms with E-state index in [4.69, 9.17) is 5.73 Å². The molecule has 1 aromatic rings. The van der Waals surface area contributed by atoms with Gasteiger partial charge in [0, 0.05) is 13.1 Å². The molecule has 2 N–H and O–H groups in total. The Labute approximate surface area is 105 Å². The minimum atomic E-state index is 0.492. The molecular weight excluding hydrogens is 208 g/mol. The first-order valence-corrected chi connectivity index (χ1v) is 6.66. The number of piperidine rings is 1. The Bertz CT molecular complexity index is 386. The van der Waals surface area contributed by atoms with Crippen LogP contribution in [0.4, 0.5) is 11.4 Å². The van der Waals surface area contributed by atoms with Crippen molar-refractivity contribution in [3.63, 3.8) is 0 Å². The normalized spacial score (nSPS) is 19.4. The second kappa shape index (κ2) is 4.59. The zero-order valence-electron chi connectivity index (χ0n) is 11.3. The molecule has 2 heteroatoms. The number of benzene rings is 1. The van der Waals surface area contributed by atoms with Crippen molar-refractivity contribution in [1.29, 1.82) is 0 Å². The van der Waals surface area contributed by atoms with Crippen LogP contribution in [-0.2, 0) is 6.42 Å². The van der Waals surface area contributed by atoms with Crippen LogP contribution < -0.4 is 10.6 Å². The third-order valence-electron chi connectivity index (χ3n) is 3.96. The van der Waals surface area contributed by atoms with E-state index in [9.17, 15) is 0 Å². The van der Waals surface area contributed by atoms with Gasteiger partial charge in [-0.05, 0) is 36.3 Å². The zero-order chi connectivity index (χ0) is 12.5. The fourth-order valence-electron chi connectivity index (χ4n) is 2.62. The number of rotatable bonds is 2. The number of hydrogen-bond donors (Lipinski definition) is 1. The summed E-state index contributed by atoms with van der Waals surface area (Å²) in [6, 6.07) is 6.28. The Morgan fingerprint density at radius 3 is 2.47 bits per heavy atom. The molecule has 1 aromatic carbocycles. The Hall–Kier alpha value is -1.18. The van der Waals surface area contributed by atoms with Gasteiger partial charge in [-0.15, -0.1) is 0 Å². The third-order valence-corrected chi connectivity index (χ3v) is 3.96. The van der Waals surface area contributed by atoms with Crippen LogP contribution in [0.2, 0.25) is 0 Å². The quantitative estimate of drug-likeness (QED) is 0.791. The fraction of sp³-hybridized carbons (Fsp3) is 0.600. The SMILES string of the molecule is CCc1cccc(N)c1N1CCC(C)(C)CC1. The predicted molar refractivity (Wildman–Crippen MR) is 75.5 cm³/mol. The van der Waals surface area contributed by atoms with Crippen LogP contribution in [0.5, 0.6) is 0 Å². The number of hydrogen-bond acceptors (Lipinski definition) is 2. The van der Waals surface area contributed by atoms with Gasteiger partial charge < -0.3 is 10.6 Å². The van der Waals surface area contributed by atoms with Gasteiger partial charge in [0.2, 0.25) is 0 Å². The molecule has 0 aliphatic carbocycles. The van der Waals surface area contributed by atoms with Crippen molar-refractivity contribution >= 4 is 11.4 Å². The van der Waals surface area contributed by atoms with Gasteiger partial charge in [0.1, 0.15) is 0 Å². The predicted octanol–water partition coefficient (Wildman–Crippen LogP) is 3.46. The highest BCUT2D eigenvalue weighted by Gasteiger charge is 2.26. The lowest BCUT2D eigenvalue weighted by molar-refractivity contribution is 0.280. The Balaban J connectivity index is 2.23. The van der Waals surface area contributed by atoms with Crippen molar-refractivity contribution < 1.29 is 0 Å². The molecule has 1 fully saturated rings.